The average molecular weight is 405 g/mol. The van der Waals surface area contributed by atoms with Crippen LogP contribution in [0.5, 0.6) is 11.5 Å². The molecule has 3 rings (SSSR count). The van der Waals surface area contributed by atoms with Crippen molar-refractivity contribution in [1.29, 1.82) is 0 Å². The van der Waals surface area contributed by atoms with Gasteiger partial charge in [-0.15, -0.1) is 0 Å². The average Bonchev–Trinajstić information content (AvgIpc) is 2.78. The van der Waals surface area contributed by atoms with E-state index >= 15 is 0 Å². The second-order valence-electron chi connectivity index (χ2n) is 6.16. The van der Waals surface area contributed by atoms with E-state index in [1.54, 1.807) is 30.3 Å². The highest BCUT2D eigenvalue weighted by Gasteiger charge is 2.19. The Morgan fingerprint density at radius 1 is 1.07 bits per heavy atom. The van der Waals surface area contributed by atoms with Crippen LogP contribution >= 0.6 is 0 Å². The summed E-state index contributed by atoms with van der Waals surface area (Å²) in [5.41, 5.74) is 3.62. The minimum absolute atomic E-state index is 0.164. The van der Waals surface area contributed by atoms with Crippen LogP contribution in [0.25, 0.3) is 0 Å². The predicted molar refractivity (Wildman–Crippen MR) is 112 cm³/mol. The lowest BCUT2D eigenvalue weighted by atomic mass is 10.1. The van der Waals surface area contributed by atoms with Crippen molar-refractivity contribution < 1.29 is 19.2 Å². The van der Waals surface area contributed by atoms with Crippen LogP contribution in [-0.4, -0.2) is 24.2 Å². The maximum atomic E-state index is 12.0. The molecule has 0 radical (unpaired) electrons. The maximum absolute atomic E-state index is 12.0. The summed E-state index contributed by atoms with van der Waals surface area (Å²) in [6, 6.07) is 20.6. The van der Waals surface area contributed by atoms with Crippen molar-refractivity contribution >= 4 is 17.8 Å². The lowest BCUT2D eigenvalue weighted by Crippen LogP contribution is -2.17. The van der Waals surface area contributed by atoms with Crippen molar-refractivity contribution in [2.75, 3.05) is 7.11 Å². The van der Waals surface area contributed by atoms with Crippen molar-refractivity contribution in [1.82, 2.24) is 5.43 Å². The molecule has 0 bridgehead atoms. The smallest absolute Gasteiger partial charge is 0.282 e. The number of hydrogen-bond acceptors (Lipinski definition) is 6. The molecule has 8 heteroatoms. The summed E-state index contributed by atoms with van der Waals surface area (Å²) in [6.45, 7) is 0.231. The first-order valence-corrected chi connectivity index (χ1v) is 9.00. The van der Waals surface area contributed by atoms with E-state index in [1.807, 2.05) is 30.3 Å². The highest BCUT2D eigenvalue weighted by molar-refractivity contribution is 5.95. The predicted octanol–water partition coefficient (Wildman–Crippen LogP) is 3.95. The molecule has 0 heterocycles. The molecule has 0 fully saturated rings. The topological polar surface area (TPSA) is 103 Å². The largest absolute Gasteiger partial charge is 0.493 e. The van der Waals surface area contributed by atoms with Gasteiger partial charge in [-0.25, -0.2) is 5.43 Å². The van der Waals surface area contributed by atoms with Crippen LogP contribution in [0.4, 0.5) is 5.69 Å². The zero-order valence-corrected chi connectivity index (χ0v) is 16.1. The summed E-state index contributed by atoms with van der Waals surface area (Å²) in [5.74, 6) is 0.121. The Kier molecular flexibility index (Phi) is 6.73. The van der Waals surface area contributed by atoms with Crippen molar-refractivity contribution in [3.05, 3.63) is 99.6 Å². The van der Waals surface area contributed by atoms with Gasteiger partial charge in [0.2, 0.25) is 0 Å². The van der Waals surface area contributed by atoms with E-state index in [0.29, 0.717) is 11.3 Å². The first-order valence-electron chi connectivity index (χ1n) is 9.00. The van der Waals surface area contributed by atoms with Crippen LogP contribution in [0.3, 0.4) is 0 Å². The normalized spacial score (nSPS) is 10.6. The van der Waals surface area contributed by atoms with E-state index in [1.165, 1.54) is 25.5 Å². The molecule has 1 amide bonds. The number of ether oxygens (including phenoxy) is 2. The summed E-state index contributed by atoms with van der Waals surface area (Å²) >= 11 is 0. The zero-order chi connectivity index (χ0) is 21.3. The van der Waals surface area contributed by atoms with Crippen LogP contribution in [0, 0.1) is 10.1 Å². The van der Waals surface area contributed by atoms with Gasteiger partial charge in [0.05, 0.1) is 29.9 Å². The van der Waals surface area contributed by atoms with Crippen LogP contribution in [0.2, 0.25) is 0 Å². The Morgan fingerprint density at radius 2 is 1.73 bits per heavy atom. The second kappa shape index (κ2) is 9.83. The van der Waals surface area contributed by atoms with Gasteiger partial charge >= 0.3 is 0 Å². The number of hydrogen-bond donors (Lipinski definition) is 1. The molecule has 30 heavy (non-hydrogen) atoms. The van der Waals surface area contributed by atoms with Crippen molar-refractivity contribution in [3.8, 4) is 11.5 Å². The minimum Gasteiger partial charge on any atom is -0.493 e. The maximum Gasteiger partial charge on any atom is 0.282 e. The number of nitro groups is 1. The molecule has 0 saturated heterocycles. The molecule has 0 aromatic heterocycles. The molecular weight excluding hydrogens is 386 g/mol. The number of methoxy groups -OCH3 is 1. The van der Waals surface area contributed by atoms with Gasteiger partial charge in [-0.3, -0.25) is 14.9 Å². The number of hydrazone groups is 1. The summed E-state index contributed by atoms with van der Waals surface area (Å²) < 4.78 is 11.0. The summed E-state index contributed by atoms with van der Waals surface area (Å²) in [6.07, 6.45) is 1.20. The number of benzene rings is 3. The molecule has 152 valence electrons. The molecule has 3 aromatic rings. The van der Waals surface area contributed by atoms with Gasteiger partial charge in [-0.1, -0.05) is 48.5 Å². The fourth-order valence-corrected chi connectivity index (χ4v) is 2.65. The quantitative estimate of drug-likeness (QED) is 0.347. The minimum atomic E-state index is -0.546. The lowest BCUT2D eigenvalue weighted by molar-refractivity contribution is -0.385. The first kappa shape index (κ1) is 20.5. The van der Waals surface area contributed by atoms with E-state index in [9.17, 15) is 14.9 Å². The molecule has 0 saturated carbocycles. The highest BCUT2D eigenvalue weighted by Crippen LogP contribution is 2.34. The van der Waals surface area contributed by atoms with Gasteiger partial charge in [-0.2, -0.15) is 5.10 Å². The number of carbonyl (C=O) groups is 1. The van der Waals surface area contributed by atoms with Crippen molar-refractivity contribution in [3.63, 3.8) is 0 Å². The second-order valence-corrected chi connectivity index (χ2v) is 6.16. The Morgan fingerprint density at radius 3 is 2.37 bits per heavy atom. The summed E-state index contributed by atoms with van der Waals surface area (Å²) in [4.78, 5) is 23.0. The molecule has 3 aromatic carbocycles. The van der Waals surface area contributed by atoms with E-state index in [4.69, 9.17) is 9.47 Å². The molecule has 0 aliphatic heterocycles. The monoisotopic (exact) mass is 405 g/mol. The SMILES string of the molecule is COc1cc(/C=N\NC(=O)c2ccccc2)c([N+](=O)[O-])cc1OCc1ccccc1. The van der Waals surface area contributed by atoms with Gasteiger partial charge in [-0.05, 0) is 23.8 Å². The third-order valence-electron chi connectivity index (χ3n) is 4.15. The molecule has 0 spiro atoms. The Bertz CT molecular complexity index is 1050. The van der Waals surface area contributed by atoms with Crippen LogP contribution in [0.15, 0.2) is 77.9 Å². The Balaban J connectivity index is 1.80. The van der Waals surface area contributed by atoms with Gasteiger partial charge in [0.25, 0.3) is 11.6 Å². The number of carbonyl (C=O) groups excluding carboxylic acids is 1. The Hall–Kier alpha value is -4.20. The zero-order valence-electron chi connectivity index (χ0n) is 16.1. The van der Waals surface area contributed by atoms with Gasteiger partial charge in [0.15, 0.2) is 11.5 Å². The number of nitrogens with one attached hydrogen (secondary N) is 1. The van der Waals surface area contributed by atoms with E-state index in [0.717, 1.165) is 5.56 Å². The van der Waals surface area contributed by atoms with Gasteiger partial charge < -0.3 is 9.47 Å². The van der Waals surface area contributed by atoms with Crippen LogP contribution in [-0.2, 0) is 6.61 Å². The molecule has 0 unspecified atom stereocenters. The van der Waals surface area contributed by atoms with Crippen molar-refractivity contribution in [2.24, 2.45) is 5.10 Å². The molecule has 0 aliphatic rings. The van der Waals surface area contributed by atoms with Gasteiger partial charge in [0.1, 0.15) is 6.61 Å². The van der Waals surface area contributed by atoms with Crippen LogP contribution < -0.4 is 14.9 Å². The number of rotatable bonds is 8. The van der Waals surface area contributed by atoms with Gasteiger partial charge in [0, 0.05) is 5.56 Å². The molecular formula is C22H19N3O5. The highest BCUT2D eigenvalue weighted by atomic mass is 16.6. The molecule has 0 atom stereocenters. The molecule has 0 aliphatic carbocycles. The van der Waals surface area contributed by atoms with Crippen LogP contribution in [0.1, 0.15) is 21.5 Å². The van der Waals surface area contributed by atoms with E-state index in [2.05, 4.69) is 10.5 Å². The molecule has 1 N–H and O–H groups in total. The standard InChI is InChI=1S/C22H19N3O5/c1-29-20-12-18(14-23-24-22(26)17-10-6-3-7-11-17)19(25(27)28)13-21(20)30-15-16-8-4-2-5-9-16/h2-14H,15H2,1H3,(H,24,26)/b23-14-. The lowest BCUT2D eigenvalue weighted by Gasteiger charge is -2.12. The molecule has 8 nitrogen and oxygen atoms in total. The number of nitro benzene ring substituents is 1. The summed E-state index contributed by atoms with van der Waals surface area (Å²) in [7, 11) is 1.44. The third kappa shape index (κ3) is 5.20. The number of nitrogens with zero attached hydrogens (tertiary/aromatic N) is 2. The fraction of sp³-hybridized carbons (Fsp3) is 0.0909. The van der Waals surface area contributed by atoms with E-state index < -0.39 is 10.8 Å². The fourth-order valence-electron chi connectivity index (χ4n) is 2.65. The summed E-state index contributed by atoms with van der Waals surface area (Å²) in [5, 5.41) is 15.4. The van der Waals surface area contributed by atoms with Crippen molar-refractivity contribution in [2.45, 2.75) is 6.61 Å². The van der Waals surface area contributed by atoms with E-state index in [-0.39, 0.29) is 23.6 Å². The third-order valence-corrected chi connectivity index (χ3v) is 4.15. The first-order chi connectivity index (χ1) is 14.6. The number of amides is 1. The Labute approximate surface area is 172 Å².